The van der Waals surface area contributed by atoms with Crippen LogP contribution < -0.4 is 5.32 Å². The lowest BCUT2D eigenvalue weighted by Gasteiger charge is -2.37. The average Bonchev–Trinajstić information content (AvgIpc) is 3.17. The highest BCUT2D eigenvalue weighted by molar-refractivity contribution is 5.95. The summed E-state index contributed by atoms with van der Waals surface area (Å²) in [5.74, 6) is -0.824. The molecule has 2 fully saturated rings. The molecular weight excluding hydrogens is 342 g/mol. The van der Waals surface area contributed by atoms with E-state index in [4.69, 9.17) is 9.47 Å². The van der Waals surface area contributed by atoms with E-state index in [2.05, 4.69) is 10.2 Å². The highest BCUT2D eigenvalue weighted by Gasteiger charge is 2.31. The molecule has 1 aromatic carbocycles. The number of non-ortho nitro benzene ring substituents is 1. The summed E-state index contributed by atoms with van der Waals surface area (Å²) < 4.78 is 11.0. The summed E-state index contributed by atoms with van der Waals surface area (Å²) in [5, 5.41) is 23.5. The standard InChI is InChI=1S/C17H23N3O6/c21-17(22)14-9-13(20(23)24)1-2-15(14)18-10-16(12-3-6-26-11-12)19-4-7-25-8-5-19/h1-2,9,12,16,18H,3-8,10-11H2,(H,21,22). The number of hydrogen-bond donors (Lipinski definition) is 2. The van der Waals surface area contributed by atoms with Gasteiger partial charge in [-0.1, -0.05) is 0 Å². The molecule has 142 valence electrons. The van der Waals surface area contributed by atoms with E-state index in [1.54, 1.807) is 0 Å². The van der Waals surface area contributed by atoms with Crippen LogP contribution in [-0.2, 0) is 9.47 Å². The second-order valence-electron chi connectivity index (χ2n) is 6.51. The predicted molar refractivity (Wildman–Crippen MR) is 93.7 cm³/mol. The third kappa shape index (κ3) is 4.29. The molecule has 2 unspecified atom stereocenters. The van der Waals surface area contributed by atoms with Gasteiger partial charge in [0.15, 0.2) is 0 Å². The third-order valence-corrected chi connectivity index (χ3v) is 4.97. The van der Waals surface area contributed by atoms with Gasteiger partial charge in [0.25, 0.3) is 5.69 Å². The van der Waals surface area contributed by atoms with Gasteiger partial charge in [-0.3, -0.25) is 15.0 Å². The zero-order chi connectivity index (χ0) is 18.5. The Kier molecular flexibility index (Phi) is 6.02. The van der Waals surface area contributed by atoms with Crippen LogP contribution in [0.15, 0.2) is 18.2 Å². The maximum Gasteiger partial charge on any atom is 0.338 e. The Hall–Kier alpha value is -2.23. The second kappa shape index (κ2) is 8.43. The number of ether oxygens (including phenoxy) is 2. The molecule has 0 aromatic heterocycles. The number of nitro groups is 1. The number of rotatable bonds is 7. The largest absolute Gasteiger partial charge is 0.478 e. The molecule has 9 nitrogen and oxygen atoms in total. The van der Waals surface area contributed by atoms with Gasteiger partial charge in [0.2, 0.25) is 0 Å². The molecule has 1 aromatic rings. The number of benzene rings is 1. The number of nitrogens with zero attached hydrogens (tertiary/aromatic N) is 2. The monoisotopic (exact) mass is 365 g/mol. The average molecular weight is 365 g/mol. The van der Waals surface area contributed by atoms with Crippen LogP contribution in [0.3, 0.4) is 0 Å². The molecule has 2 aliphatic rings. The Morgan fingerprint density at radius 2 is 2.12 bits per heavy atom. The lowest BCUT2D eigenvalue weighted by Crippen LogP contribution is -2.50. The molecule has 2 aliphatic heterocycles. The first-order chi connectivity index (χ1) is 12.6. The van der Waals surface area contributed by atoms with Crippen molar-refractivity contribution in [2.75, 3.05) is 51.4 Å². The number of morpholine rings is 1. The van der Waals surface area contributed by atoms with Gasteiger partial charge < -0.3 is 19.9 Å². The Balaban J connectivity index is 1.75. The van der Waals surface area contributed by atoms with E-state index in [1.807, 2.05) is 0 Å². The molecule has 9 heteroatoms. The van der Waals surface area contributed by atoms with Crippen LogP contribution in [0.4, 0.5) is 11.4 Å². The first-order valence-corrected chi connectivity index (χ1v) is 8.71. The van der Waals surface area contributed by atoms with Crippen LogP contribution >= 0.6 is 0 Å². The number of anilines is 1. The first kappa shape index (κ1) is 18.6. The van der Waals surface area contributed by atoms with Crippen molar-refractivity contribution in [2.24, 2.45) is 5.92 Å². The van der Waals surface area contributed by atoms with Gasteiger partial charge in [-0.2, -0.15) is 0 Å². The number of nitro benzene ring substituents is 1. The van der Waals surface area contributed by atoms with Crippen molar-refractivity contribution in [2.45, 2.75) is 12.5 Å². The van der Waals surface area contributed by atoms with Crippen LogP contribution in [0.5, 0.6) is 0 Å². The minimum Gasteiger partial charge on any atom is -0.478 e. The minimum atomic E-state index is -1.19. The van der Waals surface area contributed by atoms with E-state index < -0.39 is 10.9 Å². The number of carboxylic acids is 1. The number of aromatic carboxylic acids is 1. The van der Waals surface area contributed by atoms with Gasteiger partial charge in [-0.15, -0.1) is 0 Å². The van der Waals surface area contributed by atoms with Crippen molar-refractivity contribution in [1.82, 2.24) is 4.90 Å². The molecule has 0 aliphatic carbocycles. The third-order valence-electron chi connectivity index (χ3n) is 4.97. The summed E-state index contributed by atoms with van der Waals surface area (Å²) in [6, 6.07) is 4.06. The van der Waals surface area contributed by atoms with Crippen molar-refractivity contribution in [3.05, 3.63) is 33.9 Å². The van der Waals surface area contributed by atoms with Crippen LogP contribution in [0, 0.1) is 16.0 Å². The maximum atomic E-state index is 11.5. The van der Waals surface area contributed by atoms with E-state index in [0.717, 1.165) is 32.2 Å². The molecule has 0 amide bonds. The summed E-state index contributed by atoms with van der Waals surface area (Å²) in [7, 11) is 0. The summed E-state index contributed by atoms with van der Waals surface area (Å²) in [6.45, 7) is 5.00. The van der Waals surface area contributed by atoms with Gasteiger partial charge >= 0.3 is 5.97 Å². The Labute approximate surface area is 151 Å². The van der Waals surface area contributed by atoms with E-state index in [9.17, 15) is 20.0 Å². The Bertz CT molecular complexity index is 656. The lowest BCUT2D eigenvalue weighted by molar-refractivity contribution is -0.384. The fourth-order valence-corrected chi connectivity index (χ4v) is 3.55. The van der Waals surface area contributed by atoms with Gasteiger partial charge in [-0.05, 0) is 12.5 Å². The molecule has 3 rings (SSSR count). The summed E-state index contributed by atoms with van der Waals surface area (Å²) in [5.41, 5.74) is 0.0600. The normalized spacial score (nSPS) is 22.1. The minimum absolute atomic E-state index is 0.0948. The quantitative estimate of drug-likeness (QED) is 0.551. The molecule has 0 bridgehead atoms. The molecule has 2 heterocycles. The molecule has 0 spiro atoms. The number of carbonyl (C=O) groups is 1. The molecule has 26 heavy (non-hydrogen) atoms. The van der Waals surface area contributed by atoms with Gasteiger partial charge in [0.05, 0.1) is 30.3 Å². The summed E-state index contributed by atoms with van der Waals surface area (Å²) in [4.78, 5) is 24.1. The van der Waals surface area contributed by atoms with Crippen molar-refractivity contribution in [3.8, 4) is 0 Å². The summed E-state index contributed by atoms with van der Waals surface area (Å²) in [6.07, 6.45) is 0.968. The molecule has 0 saturated carbocycles. The van der Waals surface area contributed by atoms with Crippen LogP contribution in [0.1, 0.15) is 16.8 Å². The van der Waals surface area contributed by atoms with Gasteiger partial charge in [-0.25, -0.2) is 4.79 Å². The van der Waals surface area contributed by atoms with E-state index in [1.165, 1.54) is 12.1 Å². The van der Waals surface area contributed by atoms with Crippen molar-refractivity contribution in [3.63, 3.8) is 0 Å². The highest BCUT2D eigenvalue weighted by atomic mass is 16.6. The zero-order valence-corrected chi connectivity index (χ0v) is 14.4. The lowest BCUT2D eigenvalue weighted by atomic mass is 9.96. The molecule has 2 N–H and O–H groups in total. The van der Waals surface area contributed by atoms with Crippen LogP contribution in [-0.4, -0.2) is 73.0 Å². The fourth-order valence-electron chi connectivity index (χ4n) is 3.55. The maximum absolute atomic E-state index is 11.5. The topological polar surface area (TPSA) is 114 Å². The summed E-state index contributed by atoms with van der Waals surface area (Å²) >= 11 is 0. The molecule has 2 atom stereocenters. The van der Waals surface area contributed by atoms with E-state index >= 15 is 0 Å². The van der Waals surface area contributed by atoms with Gasteiger partial charge in [0.1, 0.15) is 0 Å². The van der Waals surface area contributed by atoms with Gasteiger partial charge in [0, 0.05) is 56.0 Å². The van der Waals surface area contributed by atoms with Crippen molar-refractivity contribution >= 4 is 17.3 Å². The van der Waals surface area contributed by atoms with Crippen molar-refractivity contribution < 1.29 is 24.3 Å². The van der Waals surface area contributed by atoms with Crippen LogP contribution in [0.2, 0.25) is 0 Å². The molecule has 2 saturated heterocycles. The van der Waals surface area contributed by atoms with Crippen LogP contribution in [0.25, 0.3) is 0 Å². The SMILES string of the molecule is O=C(O)c1cc([N+](=O)[O-])ccc1NCC(C1CCOC1)N1CCOCC1. The molecule has 0 radical (unpaired) electrons. The Morgan fingerprint density at radius 3 is 2.73 bits per heavy atom. The van der Waals surface area contributed by atoms with E-state index in [0.29, 0.717) is 38.0 Å². The van der Waals surface area contributed by atoms with Crippen molar-refractivity contribution in [1.29, 1.82) is 0 Å². The Morgan fingerprint density at radius 1 is 1.35 bits per heavy atom. The number of carboxylic acid groups (broad SMARTS) is 1. The smallest absolute Gasteiger partial charge is 0.338 e. The predicted octanol–water partition coefficient (Wildman–Crippen LogP) is 1.44. The number of hydrogen-bond acceptors (Lipinski definition) is 7. The zero-order valence-electron chi connectivity index (χ0n) is 14.4. The molecular formula is C17H23N3O6. The first-order valence-electron chi connectivity index (χ1n) is 8.71. The van der Waals surface area contributed by atoms with E-state index in [-0.39, 0.29) is 17.3 Å². The highest BCUT2D eigenvalue weighted by Crippen LogP contribution is 2.25. The number of nitrogens with one attached hydrogen (secondary N) is 1. The fraction of sp³-hybridized carbons (Fsp3) is 0.588. The second-order valence-corrected chi connectivity index (χ2v) is 6.51.